The topological polar surface area (TPSA) is 54.2 Å². The molecule has 2 aromatic rings. The van der Waals surface area contributed by atoms with Crippen LogP contribution in [0.25, 0.3) is 0 Å². The van der Waals surface area contributed by atoms with Gasteiger partial charge in [0.25, 0.3) is 0 Å². The third kappa shape index (κ3) is 4.10. The van der Waals surface area contributed by atoms with Crippen LogP contribution < -0.4 is 5.32 Å². The first kappa shape index (κ1) is 14.7. The van der Waals surface area contributed by atoms with Crippen LogP contribution in [0, 0.1) is 5.92 Å². The lowest BCUT2D eigenvalue weighted by atomic mass is 10.1. The molecule has 5 nitrogen and oxygen atoms in total. The van der Waals surface area contributed by atoms with Gasteiger partial charge in [0.2, 0.25) is 5.89 Å². The number of aromatic nitrogens is 2. The quantitative estimate of drug-likeness (QED) is 0.889. The normalized spacial score (nSPS) is 19.8. The highest BCUT2D eigenvalue weighted by molar-refractivity contribution is 5.22. The van der Waals surface area contributed by atoms with Crippen molar-refractivity contribution in [1.82, 2.24) is 15.1 Å². The van der Waals surface area contributed by atoms with Crippen LogP contribution in [0.3, 0.4) is 0 Å². The second kappa shape index (κ2) is 6.71. The van der Waals surface area contributed by atoms with Gasteiger partial charge in [0.1, 0.15) is 0 Å². The van der Waals surface area contributed by atoms with E-state index in [1.165, 1.54) is 38.0 Å². The molecule has 0 unspecified atom stereocenters. The summed E-state index contributed by atoms with van der Waals surface area (Å²) in [5.41, 5.74) is 1.19. The van der Waals surface area contributed by atoms with Crippen molar-refractivity contribution in [3.05, 3.63) is 41.8 Å². The van der Waals surface area contributed by atoms with Gasteiger partial charge in [0.05, 0.1) is 6.42 Å². The van der Waals surface area contributed by atoms with Crippen LogP contribution in [-0.4, -0.2) is 40.8 Å². The Morgan fingerprint density at radius 3 is 2.57 bits per heavy atom. The van der Waals surface area contributed by atoms with Gasteiger partial charge in [0, 0.05) is 25.7 Å². The van der Waals surface area contributed by atoms with E-state index in [0.29, 0.717) is 24.4 Å². The molecule has 2 aliphatic rings. The Hall–Kier alpha value is -1.88. The first-order chi connectivity index (χ1) is 11.3. The second-order valence-electron chi connectivity index (χ2n) is 6.83. The molecule has 1 aromatic heterocycles. The summed E-state index contributed by atoms with van der Waals surface area (Å²) >= 11 is 0. The Labute approximate surface area is 137 Å². The maximum atomic E-state index is 5.74. The molecule has 5 heteroatoms. The number of piperidine rings is 1. The summed E-state index contributed by atoms with van der Waals surface area (Å²) < 4.78 is 5.74. The van der Waals surface area contributed by atoms with Gasteiger partial charge in [-0.15, -0.1) is 5.10 Å². The van der Waals surface area contributed by atoms with Crippen molar-refractivity contribution >= 4 is 6.01 Å². The molecule has 23 heavy (non-hydrogen) atoms. The predicted molar refractivity (Wildman–Crippen MR) is 89.4 cm³/mol. The average molecular weight is 312 g/mol. The van der Waals surface area contributed by atoms with Gasteiger partial charge < -0.3 is 14.6 Å². The van der Waals surface area contributed by atoms with Crippen LogP contribution in [0.15, 0.2) is 34.7 Å². The maximum Gasteiger partial charge on any atom is 0.315 e. The zero-order chi connectivity index (χ0) is 15.5. The number of nitrogens with zero attached hydrogens (tertiary/aromatic N) is 3. The third-order valence-electron chi connectivity index (χ3n) is 4.79. The lowest BCUT2D eigenvalue weighted by Gasteiger charge is -2.31. The van der Waals surface area contributed by atoms with Crippen molar-refractivity contribution in [2.75, 3.05) is 25.0 Å². The van der Waals surface area contributed by atoms with Gasteiger partial charge in [-0.2, -0.15) is 0 Å². The van der Waals surface area contributed by atoms with Crippen LogP contribution >= 0.6 is 0 Å². The number of hydrogen-bond donors (Lipinski definition) is 1. The molecule has 1 saturated carbocycles. The molecule has 0 amide bonds. The maximum absolute atomic E-state index is 5.74. The largest absolute Gasteiger partial charge is 0.408 e. The van der Waals surface area contributed by atoms with E-state index in [0.717, 1.165) is 18.8 Å². The van der Waals surface area contributed by atoms with E-state index >= 15 is 0 Å². The molecular formula is C18H24N4O. The summed E-state index contributed by atoms with van der Waals surface area (Å²) in [6, 6.07) is 11.2. The Balaban J connectivity index is 1.26. The lowest BCUT2D eigenvalue weighted by Crippen LogP contribution is -2.40. The summed E-state index contributed by atoms with van der Waals surface area (Å²) in [7, 11) is 0. The van der Waals surface area contributed by atoms with E-state index in [9.17, 15) is 0 Å². The van der Waals surface area contributed by atoms with Crippen LogP contribution in [0.2, 0.25) is 0 Å². The second-order valence-corrected chi connectivity index (χ2v) is 6.83. The fraction of sp³-hybridized carbons (Fsp3) is 0.556. The first-order valence-corrected chi connectivity index (χ1v) is 8.70. The minimum Gasteiger partial charge on any atom is -0.408 e. The third-order valence-corrected chi connectivity index (χ3v) is 4.79. The number of benzene rings is 1. The Morgan fingerprint density at radius 2 is 1.83 bits per heavy atom. The minimum atomic E-state index is 0.454. The highest BCUT2D eigenvalue weighted by Gasteiger charge is 2.27. The Kier molecular flexibility index (Phi) is 4.28. The zero-order valence-electron chi connectivity index (χ0n) is 13.4. The smallest absolute Gasteiger partial charge is 0.315 e. The van der Waals surface area contributed by atoms with Crippen LogP contribution in [-0.2, 0) is 6.42 Å². The van der Waals surface area contributed by atoms with Crippen molar-refractivity contribution < 1.29 is 4.42 Å². The van der Waals surface area contributed by atoms with E-state index in [4.69, 9.17) is 4.42 Å². The molecule has 0 atom stereocenters. The molecule has 122 valence electrons. The van der Waals surface area contributed by atoms with Gasteiger partial charge in [-0.05, 0) is 37.2 Å². The molecule has 4 rings (SSSR count). The molecular weight excluding hydrogens is 288 g/mol. The molecule has 1 aliphatic heterocycles. The van der Waals surface area contributed by atoms with E-state index in [-0.39, 0.29) is 0 Å². The van der Waals surface area contributed by atoms with Gasteiger partial charge >= 0.3 is 6.01 Å². The highest BCUT2D eigenvalue weighted by atomic mass is 16.4. The van der Waals surface area contributed by atoms with Crippen LogP contribution in [0.1, 0.15) is 37.1 Å². The minimum absolute atomic E-state index is 0.454. The van der Waals surface area contributed by atoms with Crippen molar-refractivity contribution in [2.45, 2.75) is 38.1 Å². The van der Waals surface area contributed by atoms with Gasteiger partial charge in [-0.3, -0.25) is 0 Å². The average Bonchev–Trinajstić information content (AvgIpc) is 3.29. The standard InChI is InChI=1S/C18H24N4O/c1-2-4-14(5-3-1)12-17-20-21-18(23-17)19-16-8-10-22(11-9-16)13-15-6-7-15/h1-5,15-16H,6-13H2,(H,19,21). The van der Waals surface area contributed by atoms with E-state index in [1.807, 2.05) is 18.2 Å². The molecule has 0 spiro atoms. The Morgan fingerprint density at radius 1 is 1.04 bits per heavy atom. The van der Waals surface area contributed by atoms with Crippen LogP contribution in [0.5, 0.6) is 0 Å². The first-order valence-electron chi connectivity index (χ1n) is 8.70. The molecule has 2 fully saturated rings. The van der Waals surface area contributed by atoms with Crippen molar-refractivity contribution in [3.8, 4) is 0 Å². The number of hydrogen-bond acceptors (Lipinski definition) is 5. The molecule has 0 radical (unpaired) electrons. The number of nitrogens with one attached hydrogen (secondary N) is 1. The zero-order valence-corrected chi connectivity index (χ0v) is 13.4. The molecule has 2 heterocycles. The monoisotopic (exact) mass is 312 g/mol. The fourth-order valence-corrected chi connectivity index (χ4v) is 3.25. The highest BCUT2D eigenvalue weighted by Crippen LogP contribution is 2.30. The Bertz CT molecular complexity index is 615. The van der Waals surface area contributed by atoms with Gasteiger partial charge in [-0.1, -0.05) is 35.4 Å². The van der Waals surface area contributed by atoms with Gasteiger partial charge in [0.15, 0.2) is 0 Å². The molecule has 1 saturated heterocycles. The van der Waals surface area contributed by atoms with Crippen molar-refractivity contribution in [3.63, 3.8) is 0 Å². The SMILES string of the molecule is c1ccc(Cc2nnc(NC3CCN(CC4CC4)CC3)o2)cc1. The number of anilines is 1. The molecule has 1 aliphatic carbocycles. The summed E-state index contributed by atoms with van der Waals surface area (Å²) in [4.78, 5) is 2.60. The summed E-state index contributed by atoms with van der Waals surface area (Å²) in [5.74, 6) is 1.65. The summed E-state index contributed by atoms with van der Waals surface area (Å²) in [6.45, 7) is 3.66. The van der Waals surface area contributed by atoms with E-state index in [1.54, 1.807) is 0 Å². The molecule has 0 bridgehead atoms. The fourth-order valence-electron chi connectivity index (χ4n) is 3.25. The van der Waals surface area contributed by atoms with E-state index in [2.05, 4.69) is 32.5 Å². The lowest BCUT2D eigenvalue weighted by molar-refractivity contribution is 0.210. The van der Waals surface area contributed by atoms with Crippen molar-refractivity contribution in [2.24, 2.45) is 5.92 Å². The summed E-state index contributed by atoms with van der Waals surface area (Å²) in [5, 5.41) is 11.7. The van der Waals surface area contributed by atoms with Gasteiger partial charge in [-0.25, -0.2) is 0 Å². The van der Waals surface area contributed by atoms with E-state index < -0.39 is 0 Å². The molecule has 1 aromatic carbocycles. The van der Waals surface area contributed by atoms with Crippen LogP contribution in [0.4, 0.5) is 6.01 Å². The predicted octanol–water partition coefficient (Wildman–Crippen LogP) is 2.95. The number of likely N-dealkylation sites (tertiary alicyclic amines) is 1. The van der Waals surface area contributed by atoms with Crippen molar-refractivity contribution in [1.29, 1.82) is 0 Å². The number of rotatable bonds is 6. The summed E-state index contributed by atoms with van der Waals surface area (Å²) in [6.07, 6.45) is 5.87. The molecule has 1 N–H and O–H groups in total.